The molecule has 0 radical (unpaired) electrons. The van der Waals surface area contributed by atoms with Gasteiger partial charge in [0.05, 0.1) is 24.3 Å². The average molecular weight is 475 g/mol. The van der Waals surface area contributed by atoms with E-state index in [1.807, 2.05) is 37.3 Å². The molecule has 3 aromatic rings. The second-order valence-corrected chi connectivity index (χ2v) is 8.58. The van der Waals surface area contributed by atoms with Gasteiger partial charge in [-0.15, -0.1) is 11.3 Å². The molecule has 4 rings (SSSR count). The van der Waals surface area contributed by atoms with Crippen LogP contribution in [0.15, 0.2) is 54.6 Å². The average Bonchev–Trinajstić information content (AvgIpc) is 3.14. The zero-order valence-corrected chi connectivity index (χ0v) is 18.6. The van der Waals surface area contributed by atoms with E-state index >= 15 is 0 Å². The highest BCUT2D eigenvalue weighted by molar-refractivity contribution is 7.20. The molecule has 1 fully saturated rings. The Balaban J connectivity index is 1.68. The maximum Gasteiger partial charge on any atom is 0.416 e. The van der Waals surface area contributed by atoms with Crippen LogP contribution >= 0.6 is 11.3 Å². The first-order valence-corrected chi connectivity index (χ1v) is 11.1. The summed E-state index contributed by atoms with van der Waals surface area (Å²) in [6.45, 7) is 3.60. The number of anilines is 1. The number of halogens is 3. The zero-order chi connectivity index (χ0) is 23.6. The summed E-state index contributed by atoms with van der Waals surface area (Å²) in [6.07, 6.45) is -4.48. The minimum atomic E-state index is -4.48. The fourth-order valence-electron chi connectivity index (χ4n) is 3.63. The molecule has 2 amide bonds. The van der Waals surface area contributed by atoms with Crippen molar-refractivity contribution in [2.45, 2.75) is 13.1 Å². The van der Waals surface area contributed by atoms with E-state index in [1.54, 1.807) is 4.90 Å². The minimum Gasteiger partial charge on any atom is -0.378 e. The van der Waals surface area contributed by atoms with Crippen molar-refractivity contribution in [3.05, 3.63) is 76.9 Å². The first-order valence-electron chi connectivity index (χ1n) is 10.3. The molecule has 0 spiro atoms. The number of ether oxygens (including phenoxy) is 1. The summed E-state index contributed by atoms with van der Waals surface area (Å²) in [5.41, 5.74) is 1.28. The molecule has 0 aliphatic carbocycles. The van der Waals surface area contributed by atoms with Crippen molar-refractivity contribution in [1.82, 2.24) is 4.90 Å². The van der Waals surface area contributed by atoms with Crippen molar-refractivity contribution in [2.75, 3.05) is 31.6 Å². The van der Waals surface area contributed by atoms with Crippen LogP contribution in [-0.2, 0) is 10.9 Å². The Morgan fingerprint density at radius 1 is 1.00 bits per heavy atom. The Labute approximate surface area is 192 Å². The van der Waals surface area contributed by atoms with Gasteiger partial charge in [-0.05, 0) is 42.3 Å². The molecule has 1 saturated heterocycles. The summed E-state index contributed by atoms with van der Waals surface area (Å²) < 4.78 is 43.9. The Morgan fingerprint density at radius 2 is 1.64 bits per heavy atom. The molecule has 0 bridgehead atoms. The number of nitrogens with zero attached hydrogens (tertiary/aromatic N) is 1. The van der Waals surface area contributed by atoms with Crippen molar-refractivity contribution >= 4 is 28.2 Å². The van der Waals surface area contributed by atoms with Gasteiger partial charge < -0.3 is 15.0 Å². The maximum atomic E-state index is 13.4. The van der Waals surface area contributed by atoms with Crippen molar-refractivity contribution < 1.29 is 27.5 Å². The topological polar surface area (TPSA) is 58.6 Å². The number of nitrogens with one attached hydrogen (secondary N) is 1. The highest BCUT2D eigenvalue weighted by Crippen LogP contribution is 2.41. The van der Waals surface area contributed by atoms with Crippen molar-refractivity contribution in [3.63, 3.8) is 0 Å². The molecule has 1 aliphatic heterocycles. The van der Waals surface area contributed by atoms with Crippen molar-refractivity contribution in [2.24, 2.45) is 0 Å². The smallest absolute Gasteiger partial charge is 0.378 e. The summed E-state index contributed by atoms with van der Waals surface area (Å²) in [6, 6.07) is 13.5. The first kappa shape index (κ1) is 23.0. The molecule has 0 atom stereocenters. The van der Waals surface area contributed by atoms with Crippen LogP contribution in [0.4, 0.5) is 18.2 Å². The standard InChI is InChI=1S/C24H21F3N2O3S/c1-15-19(23(31)29-11-13-32-14-12-29)22(33-20(15)16-5-3-2-4-6-16)28-21(30)17-7-9-18(10-8-17)24(25,26)27/h2-10H,11-14H2,1H3,(H,28,30). The number of carbonyl (C=O) groups is 2. The molecule has 172 valence electrons. The fourth-order valence-corrected chi connectivity index (χ4v) is 4.83. The molecule has 1 aromatic heterocycles. The van der Waals surface area contributed by atoms with Gasteiger partial charge in [0, 0.05) is 23.5 Å². The van der Waals surface area contributed by atoms with Crippen LogP contribution in [0, 0.1) is 6.92 Å². The van der Waals surface area contributed by atoms with E-state index in [0.717, 1.165) is 40.3 Å². The number of morpholine rings is 1. The van der Waals surface area contributed by atoms with E-state index in [1.165, 1.54) is 11.3 Å². The van der Waals surface area contributed by atoms with Gasteiger partial charge in [0.15, 0.2) is 0 Å². The fraction of sp³-hybridized carbons (Fsp3) is 0.250. The van der Waals surface area contributed by atoms with Gasteiger partial charge >= 0.3 is 6.18 Å². The van der Waals surface area contributed by atoms with E-state index in [9.17, 15) is 22.8 Å². The van der Waals surface area contributed by atoms with E-state index < -0.39 is 17.6 Å². The summed E-state index contributed by atoms with van der Waals surface area (Å²) >= 11 is 1.27. The number of benzene rings is 2. The monoisotopic (exact) mass is 474 g/mol. The molecule has 1 N–H and O–H groups in total. The lowest BCUT2D eigenvalue weighted by Gasteiger charge is -2.27. The lowest BCUT2D eigenvalue weighted by atomic mass is 10.1. The first-order chi connectivity index (χ1) is 15.8. The lowest BCUT2D eigenvalue weighted by molar-refractivity contribution is -0.137. The minimum absolute atomic E-state index is 0.0695. The van der Waals surface area contributed by atoms with Crippen LogP contribution in [0.5, 0.6) is 0 Å². The van der Waals surface area contributed by atoms with Gasteiger partial charge in [0.2, 0.25) is 0 Å². The van der Waals surface area contributed by atoms with Crippen molar-refractivity contribution in [3.8, 4) is 10.4 Å². The highest BCUT2D eigenvalue weighted by Gasteiger charge is 2.31. The molecule has 0 saturated carbocycles. The maximum absolute atomic E-state index is 13.4. The van der Waals surface area contributed by atoms with Gasteiger partial charge in [0.1, 0.15) is 5.00 Å². The van der Waals surface area contributed by atoms with Crippen LogP contribution in [0.25, 0.3) is 10.4 Å². The van der Waals surface area contributed by atoms with E-state index in [0.29, 0.717) is 36.9 Å². The number of hydrogen-bond acceptors (Lipinski definition) is 4. The lowest BCUT2D eigenvalue weighted by Crippen LogP contribution is -2.41. The number of amides is 2. The largest absolute Gasteiger partial charge is 0.416 e. The Morgan fingerprint density at radius 3 is 2.24 bits per heavy atom. The van der Waals surface area contributed by atoms with Crippen molar-refractivity contribution in [1.29, 1.82) is 0 Å². The number of alkyl halides is 3. The molecule has 2 heterocycles. The number of hydrogen-bond donors (Lipinski definition) is 1. The van der Waals surface area contributed by atoms with Crippen LogP contribution in [0.3, 0.4) is 0 Å². The van der Waals surface area contributed by atoms with Gasteiger partial charge in [-0.2, -0.15) is 13.2 Å². The molecular formula is C24H21F3N2O3S. The summed E-state index contributed by atoms with van der Waals surface area (Å²) in [5, 5.41) is 3.12. The Bertz CT molecular complexity index is 1150. The Hall–Kier alpha value is -3.17. The normalized spacial score (nSPS) is 14.2. The molecule has 9 heteroatoms. The molecular weight excluding hydrogens is 453 g/mol. The third-order valence-corrected chi connectivity index (χ3v) is 6.65. The predicted octanol–water partition coefficient (Wildman–Crippen LogP) is 5.47. The second-order valence-electron chi connectivity index (χ2n) is 7.56. The van der Waals surface area contributed by atoms with Gasteiger partial charge in [-0.3, -0.25) is 9.59 Å². The molecule has 33 heavy (non-hydrogen) atoms. The quantitative estimate of drug-likeness (QED) is 0.546. The second kappa shape index (κ2) is 9.36. The predicted molar refractivity (Wildman–Crippen MR) is 121 cm³/mol. The highest BCUT2D eigenvalue weighted by atomic mass is 32.1. The third-order valence-electron chi connectivity index (χ3n) is 5.40. The van der Waals surface area contributed by atoms with Gasteiger partial charge in [0.25, 0.3) is 11.8 Å². The summed E-state index contributed by atoms with van der Waals surface area (Å²) in [7, 11) is 0. The molecule has 1 aliphatic rings. The zero-order valence-electron chi connectivity index (χ0n) is 17.7. The van der Waals surface area contributed by atoms with Gasteiger partial charge in [-0.1, -0.05) is 30.3 Å². The van der Waals surface area contributed by atoms with Crippen LogP contribution in [0.2, 0.25) is 0 Å². The molecule has 0 unspecified atom stereocenters. The summed E-state index contributed by atoms with van der Waals surface area (Å²) in [4.78, 5) is 28.7. The SMILES string of the molecule is Cc1c(-c2ccccc2)sc(NC(=O)c2ccc(C(F)(F)F)cc2)c1C(=O)N1CCOCC1. The molecule has 5 nitrogen and oxygen atoms in total. The van der Waals surface area contributed by atoms with Crippen LogP contribution in [0.1, 0.15) is 31.8 Å². The van der Waals surface area contributed by atoms with Crippen LogP contribution < -0.4 is 5.32 Å². The van der Waals surface area contributed by atoms with E-state index in [2.05, 4.69) is 5.32 Å². The van der Waals surface area contributed by atoms with Gasteiger partial charge in [-0.25, -0.2) is 0 Å². The van der Waals surface area contributed by atoms with E-state index in [4.69, 9.17) is 4.74 Å². The van der Waals surface area contributed by atoms with E-state index in [-0.39, 0.29) is 11.5 Å². The van der Waals surface area contributed by atoms with Crippen LogP contribution in [-0.4, -0.2) is 43.0 Å². The molecule has 2 aromatic carbocycles. The third kappa shape index (κ3) is 4.94. The Kier molecular flexibility index (Phi) is 6.53. The summed E-state index contributed by atoms with van der Waals surface area (Å²) in [5.74, 6) is -0.794. The number of carbonyl (C=O) groups excluding carboxylic acids is 2. The number of thiophene rings is 1. The number of rotatable bonds is 4.